The minimum Gasteiger partial charge on any atom is -0.313 e. The summed E-state index contributed by atoms with van der Waals surface area (Å²) in [6.07, 6.45) is 5.58. The number of hydrogen-bond acceptors (Lipinski definition) is 4. The second kappa shape index (κ2) is 6.49. The molecular formula is C12H22N4O2S. The van der Waals surface area contributed by atoms with Gasteiger partial charge in [0.2, 0.25) is 10.0 Å². The summed E-state index contributed by atoms with van der Waals surface area (Å²) in [4.78, 5) is 0. The summed E-state index contributed by atoms with van der Waals surface area (Å²) < 4.78 is 28.3. The van der Waals surface area contributed by atoms with Gasteiger partial charge in [-0.25, -0.2) is 13.1 Å². The average Bonchev–Trinajstić information content (AvgIpc) is 2.76. The lowest BCUT2D eigenvalue weighted by atomic mass is 10.1. The van der Waals surface area contributed by atoms with Crippen LogP contribution in [0.3, 0.4) is 0 Å². The van der Waals surface area contributed by atoms with E-state index in [1.165, 1.54) is 0 Å². The molecule has 1 saturated heterocycles. The van der Waals surface area contributed by atoms with Crippen molar-refractivity contribution in [1.29, 1.82) is 0 Å². The highest BCUT2D eigenvalue weighted by Gasteiger charge is 2.20. The Morgan fingerprint density at radius 3 is 3.00 bits per heavy atom. The maximum Gasteiger partial charge on any atom is 0.213 e. The molecule has 1 aromatic rings. The molecule has 0 amide bonds. The minimum absolute atomic E-state index is 0.1000. The smallest absolute Gasteiger partial charge is 0.213 e. The Hall–Kier alpha value is -0.920. The predicted molar refractivity (Wildman–Crippen MR) is 74.3 cm³/mol. The van der Waals surface area contributed by atoms with Crippen LogP contribution < -0.4 is 10.0 Å². The van der Waals surface area contributed by atoms with Gasteiger partial charge >= 0.3 is 0 Å². The summed E-state index contributed by atoms with van der Waals surface area (Å²) in [5.74, 6) is 0.179. The summed E-state index contributed by atoms with van der Waals surface area (Å²) >= 11 is 0. The molecule has 2 N–H and O–H groups in total. The van der Waals surface area contributed by atoms with E-state index in [4.69, 9.17) is 0 Å². The molecule has 0 saturated carbocycles. The second-order valence-electron chi connectivity index (χ2n) is 5.02. The number of rotatable bonds is 6. The molecule has 19 heavy (non-hydrogen) atoms. The van der Waals surface area contributed by atoms with Crippen LogP contribution in [-0.2, 0) is 23.5 Å². The maximum absolute atomic E-state index is 11.9. The first kappa shape index (κ1) is 14.5. The van der Waals surface area contributed by atoms with Crippen LogP contribution in [0.2, 0.25) is 0 Å². The van der Waals surface area contributed by atoms with E-state index in [0.717, 1.165) is 31.5 Å². The van der Waals surface area contributed by atoms with E-state index in [2.05, 4.69) is 15.1 Å². The molecule has 0 spiro atoms. The lowest BCUT2D eigenvalue weighted by Gasteiger charge is -2.23. The van der Waals surface area contributed by atoms with Crippen molar-refractivity contribution in [1.82, 2.24) is 19.8 Å². The lowest BCUT2D eigenvalue weighted by Crippen LogP contribution is -2.43. The van der Waals surface area contributed by atoms with Crippen molar-refractivity contribution >= 4 is 10.0 Å². The summed E-state index contributed by atoms with van der Waals surface area (Å²) in [6.45, 7) is 1.35. The largest absolute Gasteiger partial charge is 0.313 e. The summed E-state index contributed by atoms with van der Waals surface area (Å²) in [6, 6.07) is 2.00. The fraction of sp³-hybridized carbons (Fsp3) is 0.750. The molecule has 2 heterocycles. The highest BCUT2D eigenvalue weighted by atomic mass is 32.2. The molecule has 2 rings (SSSR count). The number of sulfonamides is 1. The molecule has 1 unspecified atom stereocenters. The van der Waals surface area contributed by atoms with Crippen molar-refractivity contribution in [2.45, 2.75) is 31.7 Å². The molecule has 7 heteroatoms. The first-order valence-corrected chi connectivity index (χ1v) is 8.40. The van der Waals surface area contributed by atoms with E-state index in [9.17, 15) is 8.42 Å². The first-order chi connectivity index (χ1) is 9.07. The molecule has 6 nitrogen and oxygen atoms in total. The van der Waals surface area contributed by atoms with Gasteiger partial charge in [-0.1, -0.05) is 6.42 Å². The van der Waals surface area contributed by atoms with Crippen molar-refractivity contribution in [3.63, 3.8) is 0 Å². The third-order valence-corrected chi connectivity index (χ3v) is 4.94. The summed E-state index contributed by atoms with van der Waals surface area (Å²) in [7, 11) is -1.33. The zero-order chi connectivity index (χ0) is 13.7. The Bertz CT molecular complexity index is 492. The highest BCUT2D eigenvalue weighted by molar-refractivity contribution is 7.89. The van der Waals surface area contributed by atoms with Crippen LogP contribution >= 0.6 is 0 Å². The van der Waals surface area contributed by atoms with E-state index in [-0.39, 0.29) is 11.8 Å². The van der Waals surface area contributed by atoms with Crippen LogP contribution in [0.25, 0.3) is 0 Å². The molecular weight excluding hydrogens is 264 g/mol. The summed E-state index contributed by atoms with van der Waals surface area (Å²) in [5.41, 5.74) is 1.03. The van der Waals surface area contributed by atoms with Gasteiger partial charge in [0, 0.05) is 37.9 Å². The lowest BCUT2D eigenvalue weighted by molar-refractivity contribution is 0.422. The molecule has 1 atom stereocenters. The number of aromatic nitrogens is 2. The van der Waals surface area contributed by atoms with Gasteiger partial charge in [-0.15, -0.1) is 0 Å². The topological polar surface area (TPSA) is 76.0 Å². The molecule has 0 aromatic carbocycles. The van der Waals surface area contributed by atoms with Crippen molar-refractivity contribution in [2.75, 3.05) is 18.8 Å². The van der Waals surface area contributed by atoms with Crippen LogP contribution in [0.4, 0.5) is 0 Å². The van der Waals surface area contributed by atoms with Gasteiger partial charge in [-0.2, -0.15) is 5.10 Å². The van der Waals surface area contributed by atoms with Crippen molar-refractivity contribution in [3.8, 4) is 0 Å². The van der Waals surface area contributed by atoms with E-state index in [0.29, 0.717) is 13.0 Å². The molecule has 108 valence electrons. The van der Waals surface area contributed by atoms with Crippen LogP contribution in [0, 0.1) is 0 Å². The molecule has 1 aliphatic rings. The Balaban J connectivity index is 1.76. The Labute approximate surface area is 114 Å². The van der Waals surface area contributed by atoms with E-state index >= 15 is 0 Å². The number of nitrogens with zero attached hydrogens (tertiary/aromatic N) is 2. The monoisotopic (exact) mass is 286 g/mol. The molecule has 1 aliphatic heterocycles. The first-order valence-electron chi connectivity index (χ1n) is 6.74. The molecule has 0 radical (unpaired) electrons. The number of nitrogens with one attached hydrogen (secondary N) is 2. The zero-order valence-electron chi connectivity index (χ0n) is 11.3. The molecule has 1 aromatic heterocycles. The quantitative estimate of drug-likeness (QED) is 0.773. The third kappa shape index (κ3) is 4.59. The second-order valence-corrected chi connectivity index (χ2v) is 6.87. The van der Waals surface area contributed by atoms with E-state index < -0.39 is 10.0 Å². The van der Waals surface area contributed by atoms with E-state index in [1.54, 1.807) is 10.9 Å². The van der Waals surface area contributed by atoms with Gasteiger partial charge in [-0.05, 0) is 25.5 Å². The normalized spacial score (nSPS) is 20.6. The molecule has 1 fully saturated rings. The highest BCUT2D eigenvalue weighted by Crippen LogP contribution is 2.08. The standard InChI is InChI=1S/C12H22N4O2S/c1-16-12(5-8-14-16)6-9-15-19(17,18)10-11-4-2-3-7-13-11/h5,8,11,13,15H,2-4,6-7,9-10H2,1H3. The van der Waals surface area contributed by atoms with Gasteiger partial charge in [0.1, 0.15) is 0 Å². The fourth-order valence-electron chi connectivity index (χ4n) is 2.37. The minimum atomic E-state index is -3.19. The van der Waals surface area contributed by atoms with Gasteiger partial charge in [-0.3, -0.25) is 4.68 Å². The van der Waals surface area contributed by atoms with Crippen molar-refractivity contribution < 1.29 is 8.42 Å². The average molecular weight is 286 g/mol. The van der Waals surface area contributed by atoms with Gasteiger partial charge in [0.25, 0.3) is 0 Å². The SMILES string of the molecule is Cn1nccc1CCNS(=O)(=O)CC1CCCCN1. The third-order valence-electron chi connectivity index (χ3n) is 3.46. The van der Waals surface area contributed by atoms with Crippen LogP contribution in [-0.4, -0.2) is 43.1 Å². The van der Waals surface area contributed by atoms with Crippen molar-refractivity contribution in [3.05, 3.63) is 18.0 Å². The maximum atomic E-state index is 11.9. The predicted octanol–water partition coefficient (Wildman–Crippen LogP) is 0.0241. The zero-order valence-corrected chi connectivity index (χ0v) is 12.1. The number of hydrogen-bond donors (Lipinski definition) is 2. The Morgan fingerprint density at radius 2 is 2.37 bits per heavy atom. The van der Waals surface area contributed by atoms with Gasteiger partial charge < -0.3 is 5.32 Å². The van der Waals surface area contributed by atoms with Crippen LogP contribution in [0.15, 0.2) is 12.3 Å². The van der Waals surface area contributed by atoms with Crippen molar-refractivity contribution in [2.24, 2.45) is 7.05 Å². The fourth-order valence-corrected chi connectivity index (χ4v) is 3.72. The summed E-state index contributed by atoms with van der Waals surface area (Å²) in [5, 5.41) is 7.31. The van der Waals surface area contributed by atoms with Crippen LogP contribution in [0.5, 0.6) is 0 Å². The van der Waals surface area contributed by atoms with Gasteiger partial charge in [0.05, 0.1) is 5.75 Å². The molecule has 0 aliphatic carbocycles. The van der Waals surface area contributed by atoms with Crippen LogP contribution in [0.1, 0.15) is 25.0 Å². The Morgan fingerprint density at radius 1 is 1.53 bits per heavy atom. The van der Waals surface area contributed by atoms with Gasteiger partial charge in [0.15, 0.2) is 0 Å². The Kier molecular flexibility index (Phi) is 4.95. The number of aryl methyl sites for hydroxylation is 1. The molecule has 0 bridgehead atoms. The number of piperidine rings is 1. The van der Waals surface area contributed by atoms with E-state index in [1.807, 2.05) is 13.1 Å².